The summed E-state index contributed by atoms with van der Waals surface area (Å²) in [5.41, 5.74) is 0.311. The van der Waals surface area contributed by atoms with Gasteiger partial charge < -0.3 is 15.1 Å². The Morgan fingerprint density at radius 1 is 0.967 bits per heavy atom. The third-order valence-corrected chi connectivity index (χ3v) is 5.10. The van der Waals surface area contributed by atoms with Gasteiger partial charge in [0.05, 0.1) is 12.8 Å². The summed E-state index contributed by atoms with van der Waals surface area (Å²) in [5, 5.41) is 5.51. The molecular formula is C23H21N3O4. The standard InChI is InChI=1S/C23H21N3O4/c27-20(24-15-19-12-7-13-30-19)16-26-21(28)23(25-22(26)29,18-10-5-2-6-11-18)14-17-8-3-1-4-9-17/h1-13H,14-16H2,(H,24,27)(H,25,29). The number of hydrogen-bond donors (Lipinski definition) is 2. The zero-order chi connectivity index (χ0) is 21.0. The highest BCUT2D eigenvalue weighted by Gasteiger charge is 2.52. The van der Waals surface area contributed by atoms with Gasteiger partial charge in [-0.05, 0) is 23.3 Å². The van der Waals surface area contributed by atoms with Crippen molar-refractivity contribution in [3.05, 3.63) is 95.9 Å². The fourth-order valence-electron chi connectivity index (χ4n) is 3.61. The first-order chi connectivity index (χ1) is 14.6. The summed E-state index contributed by atoms with van der Waals surface area (Å²) in [7, 11) is 0. The highest BCUT2D eigenvalue weighted by atomic mass is 16.3. The maximum absolute atomic E-state index is 13.5. The number of hydrogen-bond acceptors (Lipinski definition) is 4. The van der Waals surface area contributed by atoms with Gasteiger partial charge >= 0.3 is 6.03 Å². The van der Waals surface area contributed by atoms with E-state index in [4.69, 9.17) is 4.42 Å². The molecule has 1 aliphatic rings. The van der Waals surface area contributed by atoms with E-state index in [-0.39, 0.29) is 19.5 Å². The topological polar surface area (TPSA) is 91.7 Å². The molecular weight excluding hydrogens is 382 g/mol. The van der Waals surface area contributed by atoms with Crippen LogP contribution in [-0.2, 0) is 28.1 Å². The molecule has 1 aromatic heterocycles. The summed E-state index contributed by atoms with van der Waals surface area (Å²) in [6.45, 7) is -0.182. The van der Waals surface area contributed by atoms with Gasteiger partial charge in [0.15, 0.2) is 5.54 Å². The number of benzene rings is 2. The van der Waals surface area contributed by atoms with Crippen LogP contribution in [0.5, 0.6) is 0 Å². The first-order valence-corrected chi connectivity index (χ1v) is 9.61. The Morgan fingerprint density at radius 2 is 1.67 bits per heavy atom. The van der Waals surface area contributed by atoms with Crippen molar-refractivity contribution in [3.63, 3.8) is 0 Å². The summed E-state index contributed by atoms with van der Waals surface area (Å²) in [6, 6.07) is 21.4. The number of carbonyl (C=O) groups excluding carboxylic acids is 3. The molecule has 3 aromatic rings. The monoisotopic (exact) mass is 403 g/mol. The molecule has 30 heavy (non-hydrogen) atoms. The van der Waals surface area contributed by atoms with Gasteiger partial charge in [0.2, 0.25) is 5.91 Å². The van der Waals surface area contributed by atoms with Gasteiger partial charge in [-0.15, -0.1) is 0 Å². The molecule has 0 bridgehead atoms. The number of imide groups is 1. The fraction of sp³-hybridized carbons (Fsp3) is 0.174. The van der Waals surface area contributed by atoms with Crippen LogP contribution < -0.4 is 10.6 Å². The van der Waals surface area contributed by atoms with E-state index in [2.05, 4.69) is 10.6 Å². The highest BCUT2D eigenvalue weighted by Crippen LogP contribution is 2.32. The number of rotatable bonds is 7. The van der Waals surface area contributed by atoms with Crippen LogP contribution in [0.4, 0.5) is 4.79 Å². The van der Waals surface area contributed by atoms with Gasteiger partial charge in [-0.25, -0.2) is 4.79 Å². The van der Waals surface area contributed by atoms with Crippen molar-refractivity contribution in [1.82, 2.24) is 15.5 Å². The molecule has 4 rings (SSSR count). The maximum atomic E-state index is 13.5. The van der Waals surface area contributed by atoms with Crippen molar-refractivity contribution in [2.75, 3.05) is 6.54 Å². The molecule has 1 fully saturated rings. The minimum Gasteiger partial charge on any atom is -0.467 e. The summed E-state index contributed by atoms with van der Waals surface area (Å²) >= 11 is 0. The van der Waals surface area contributed by atoms with Crippen molar-refractivity contribution in [1.29, 1.82) is 0 Å². The zero-order valence-electron chi connectivity index (χ0n) is 16.2. The third-order valence-electron chi connectivity index (χ3n) is 5.10. The lowest BCUT2D eigenvalue weighted by Crippen LogP contribution is -2.46. The molecule has 2 heterocycles. The minimum absolute atomic E-state index is 0.184. The van der Waals surface area contributed by atoms with Crippen LogP contribution in [0.1, 0.15) is 16.9 Å². The lowest BCUT2D eigenvalue weighted by atomic mass is 9.83. The molecule has 0 spiro atoms. The Balaban J connectivity index is 1.56. The van der Waals surface area contributed by atoms with Gasteiger partial charge in [0.1, 0.15) is 12.3 Å². The second-order valence-corrected chi connectivity index (χ2v) is 7.11. The van der Waals surface area contributed by atoms with Crippen molar-refractivity contribution in [2.45, 2.75) is 18.5 Å². The summed E-state index contributed by atoms with van der Waals surface area (Å²) < 4.78 is 5.18. The van der Waals surface area contributed by atoms with Crippen LogP contribution in [0.3, 0.4) is 0 Å². The molecule has 0 radical (unpaired) electrons. The molecule has 4 amide bonds. The number of furan rings is 1. The molecule has 0 saturated carbocycles. The van der Waals surface area contributed by atoms with Crippen LogP contribution in [-0.4, -0.2) is 29.3 Å². The SMILES string of the molecule is O=C(CN1C(=O)NC(Cc2ccccc2)(c2ccccc2)C1=O)NCc1ccco1. The largest absolute Gasteiger partial charge is 0.467 e. The van der Waals surface area contributed by atoms with Crippen LogP contribution >= 0.6 is 0 Å². The predicted molar refractivity (Wildman–Crippen MR) is 109 cm³/mol. The second kappa shape index (κ2) is 8.24. The average molecular weight is 403 g/mol. The third kappa shape index (κ3) is 3.82. The first-order valence-electron chi connectivity index (χ1n) is 9.61. The van der Waals surface area contributed by atoms with Gasteiger partial charge in [-0.2, -0.15) is 0 Å². The Morgan fingerprint density at radius 3 is 2.33 bits per heavy atom. The van der Waals surface area contributed by atoms with Crippen LogP contribution in [0.25, 0.3) is 0 Å². The Bertz CT molecular complexity index is 1030. The highest BCUT2D eigenvalue weighted by molar-refractivity contribution is 6.09. The Labute approximate surface area is 173 Å². The second-order valence-electron chi connectivity index (χ2n) is 7.11. The molecule has 1 aliphatic heterocycles. The van der Waals surface area contributed by atoms with E-state index in [0.29, 0.717) is 11.3 Å². The molecule has 2 aromatic carbocycles. The molecule has 7 nitrogen and oxygen atoms in total. The summed E-state index contributed by atoms with van der Waals surface area (Å²) in [4.78, 5) is 39.5. The van der Waals surface area contributed by atoms with E-state index >= 15 is 0 Å². The van der Waals surface area contributed by atoms with Crippen molar-refractivity contribution < 1.29 is 18.8 Å². The molecule has 1 unspecified atom stereocenters. The lowest BCUT2D eigenvalue weighted by molar-refractivity contribution is -0.135. The summed E-state index contributed by atoms with van der Waals surface area (Å²) in [5.74, 6) is -0.308. The number of urea groups is 1. The minimum atomic E-state index is -1.26. The van der Waals surface area contributed by atoms with E-state index in [1.165, 1.54) is 6.26 Å². The molecule has 7 heteroatoms. The Kier molecular flexibility index (Phi) is 5.34. The van der Waals surface area contributed by atoms with Gasteiger partial charge in [-0.1, -0.05) is 60.7 Å². The van der Waals surface area contributed by atoms with E-state index in [1.54, 1.807) is 12.1 Å². The quantitative estimate of drug-likeness (QED) is 0.593. The smallest absolute Gasteiger partial charge is 0.325 e. The fourth-order valence-corrected chi connectivity index (χ4v) is 3.61. The molecule has 2 N–H and O–H groups in total. The van der Waals surface area contributed by atoms with Crippen LogP contribution in [0.15, 0.2) is 83.5 Å². The lowest BCUT2D eigenvalue weighted by Gasteiger charge is -2.27. The number of carbonyl (C=O) groups is 3. The van der Waals surface area contributed by atoms with E-state index in [9.17, 15) is 14.4 Å². The average Bonchev–Trinajstić information content (AvgIpc) is 3.37. The van der Waals surface area contributed by atoms with Gasteiger partial charge in [0.25, 0.3) is 5.91 Å². The predicted octanol–water partition coefficient (Wildman–Crippen LogP) is 2.59. The summed E-state index contributed by atoms with van der Waals surface area (Å²) in [6.07, 6.45) is 1.80. The van der Waals surface area contributed by atoms with Gasteiger partial charge in [0, 0.05) is 6.42 Å². The molecule has 1 saturated heterocycles. The number of amides is 4. The van der Waals surface area contributed by atoms with Gasteiger partial charge in [-0.3, -0.25) is 14.5 Å². The van der Waals surface area contributed by atoms with Crippen molar-refractivity contribution in [2.24, 2.45) is 0 Å². The van der Waals surface area contributed by atoms with Crippen LogP contribution in [0, 0.1) is 0 Å². The first kappa shape index (κ1) is 19.4. The normalized spacial score (nSPS) is 18.3. The number of nitrogens with zero attached hydrogens (tertiary/aromatic N) is 1. The molecule has 1 atom stereocenters. The number of nitrogens with one attached hydrogen (secondary N) is 2. The zero-order valence-corrected chi connectivity index (χ0v) is 16.2. The Hall–Kier alpha value is -3.87. The molecule has 152 valence electrons. The van der Waals surface area contributed by atoms with Crippen molar-refractivity contribution in [3.8, 4) is 0 Å². The maximum Gasteiger partial charge on any atom is 0.325 e. The van der Waals surface area contributed by atoms with E-state index in [1.807, 2.05) is 60.7 Å². The van der Waals surface area contributed by atoms with E-state index < -0.39 is 23.4 Å². The molecule has 0 aliphatic carbocycles. The van der Waals surface area contributed by atoms with Crippen molar-refractivity contribution >= 4 is 17.8 Å². The van der Waals surface area contributed by atoms with Crippen LogP contribution in [0.2, 0.25) is 0 Å². The van der Waals surface area contributed by atoms with E-state index in [0.717, 1.165) is 10.5 Å².